The normalized spacial score (nSPS) is 10.2. The van der Waals surface area contributed by atoms with Crippen molar-refractivity contribution in [1.29, 1.82) is 0 Å². The first-order valence-corrected chi connectivity index (χ1v) is 13.7. The Morgan fingerprint density at radius 3 is 1.78 bits per heavy atom. The van der Waals surface area contributed by atoms with Crippen molar-refractivity contribution in [2.75, 3.05) is 25.3 Å². The summed E-state index contributed by atoms with van der Waals surface area (Å²) in [6.45, 7) is 1.51. The molecule has 3 aromatic rings. The predicted octanol–water partition coefficient (Wildman–Crippen LogP) is 4.51. The number of imidazole rings is 1. The molecule has 3 rings (SSSR count). The van der Waals surface area contributed by atoms with E-state index < -0.39 is 26.4 Å². The molecule has 0 aliphatic heterocycles. The molecule has 0 amide bonds. The predicted molar refractivity (Wildman–Crippen MR) is 143 cm³/mol. The molecular formula is C22H32Cl2F2N3O6S2+. The zero-order valence-corrected chi connectivity index (χ0v) is 23.1. The maximum Gasteiger partial charge on any atom is 0.480 e. The first-order valence-electron chi connectivity index (χ1n) is 9.73. The average Bonchev–Trinajstić information content (AvgIpc) is 3.13. The van der Waals surface area contributed by atoms with Crippen LogP contribution < -0.4 is 19.8 Å². The fourth-order valence-electron chi connectivity index (χ4n) is 2.37. The topological polar surface area (TPSA) is 122 Å². The highest BCUT2D eigenvalue weighted by molar-refractivity contribution is 7.85. The molecule has 1 heterocycles. The molecule has 0 aliphatic rings. The number of halogens is 4. The van der Waals surface area contributed by atoms with Crippen molar-refractivity contribution in [3.63, 3.8) is 0 Å². The highest BCUT2D eigenvalue weighted by Crippen LogP contribution is 2.15. The second kappa shape index (κ2) is 17.8. The Kier molecular flexibility index (Phi) is 17.6. The molecule has 37 heavy (non-hydrogen) atoms. The van der Waals surface area contributed by atoms with Crippen LogP contribution in [0, 0.1) is 6.92 Å². The van der Waals surface area contributed by atoms with Crippen molar-refractivity contribution in [3.05, 3.63) is 72.3 Å². The molecule has 0 radical (unpaired) electrons. The summed E-state index contributed by atoms with van der Waals surface area (Å²) in [5.41, 5.74) is 6.56. The Morgan fingerprint density at radius 1 is 0.973 bits per heavy atom. The van der Waals surface area contributed by atoms with Gasteiger partial charge in [-0.2, -0.15) is 16.8 Å². The van der Waals surface area contributed by atoms with Crippen LogP contribution in [0.2, 0.25) is 0 Å². The zero-order valence-electron chi connectivity index (χ0n) is 19.9. The van der Waals surface area contributed by atoms with Gasteiger partial charge in [0.2, 0.25) is 0 Å². The molecule has 0 spiro atoms. The maximum absolute atomic E-state index is 12.3. The minimum absolute atomic E-state index is 0. The first-order chi connectivity index (χ1) is 16.7. The Morgan fingerprint density at radius 2 is 1.46 bits per heavy atom. The quantitative estimate of drug-likeness (QED) is 0.196. The number of alkyl halides is 2. The van der Waals surface area contributed by atoms with E-state index in [1.165, 1.54) is 36.9 Å². The number of benzene rings is 2. The molecule has 15 heteroatoms. The number of nitrogens with zero attached hydrogens (tertiary/aromatic N) is 2. The van der Waals surface area contributed by atoms with E-state index in [9.17, 15) is 24.6 Å². The standard InChI is InChI=1S/C8H9FO3S.C7H9NO.C5H8FN2O2S.CH2Cl2.CH4/c1-12-8-4-2-3-7(5-8)6-13(9,10)11;1-9-7-4-2-3-6(8)5-7;1-5-7(2)3-4-8(5)11(6,9)10;2-1-3;/h2-5H,6H2,1H3;2-5H,8H2,1H3;3-4H,1-2H3;1H2;1H4/q;;+1;;. The van der Waals surface area contributed by atoms with Gasteiger partial charge in [0.1, 0.15) is 29.6 Å². The molecular weight excluding hydrogens is 575 g/mol. The van der Waals surface area contributed by atoms with E-state index in [1.807, 2.05) is 18.2 Å². The molecule has 1 aromatic heterocycles. The summed E-state index contributed by atoms with van der Waals surface area (Å²) in [4.78, 5) is 0. The first kappa shape index (κ1) is 36.5. The molecule has 210 valence electrons. The van der Waals surface area contributed by atoms with Crippen molar-refractivity contribution >= 4 is 49.5 Å². The van der Waals surface area contributed by atoms with Gasteiger partial charge < -0.3 is 15.2 Å². The molecule has 9 nitrogen and oxygen atoms in total. The minimum Gasteiger partial charge on any atom is -0.497 e. The van der Waals surface area contributed by atoms with Crippen LogP contribution in [0.3, 0.4) is 0 Å². The van der Waals surface area contributed by atoms with Crippen molar-refractivity contribution in [2.24, 2.45) is 7.05 Å². The molecule has 2 N–H and O–H groups in total. The summed E-state index contributed by atoms with van der Waals surface area (Å²) in [7, 11) is -4.36. The van der Waals surface area contributed by atoms with E-state index in [-0.39, 0.29) is 12.8 Å². The van der Waals surface area contributed by atoms with Crippen molar-refractivity contribution in [1.82, 2.24) is 3.97 Å². The van der Waals surface area contributed by atoms with E-state index in [4.69, 9.17) is 38.4 Å². The molecule has 0 saturated heterocycles. The van der Waals surface area contributed by atoms with E-state index in [1.54, 1.807) is 32.4 Å². The lowest BCUT2D eigenvalue weighted by Gasteiger charge is -2.01. The van der Waals surface area contributed by atoms with Gasteiger partial charge in [-0.05, 0) is 29.8 Å². The van der Waals surface area contributed by atoms with Gasteiger partial charge in [0.05, 0.1) is 26.6 Å². The van der Waals surface area contributed by atoms with Crippen molar-refractivity contribution < 1.29 is 38.6 Å². The number of aromatic nitrogens is 2. The third-order valence-corrected chi connectivity index (χ3v) is 5.59. The summed E-state index contributed by atoms with van der Waals surface area (Å²) in [5.74, 6) is 1.04. The summed E-state index contributed by atoms with van der Waals surface area (Å²) < 4.78 is 77.7. The van der Waals surface area contributed by atoms with Crippen LogP contribution in [0.4, 0.5) is 13.5 Å². The number of methoxy groups -OCH3 is 2. The fraction of sp³-hybridized carbons (Fsp3) is 0.318. The largest absolute Gasteiger partial charge is 0.497 e. The Hall–Kier alpha value is -2.61. The van der Waals surface area contributed by atoms with Crippen LogP contribution in [0.15, 0.2) is 60.9 Å². The smallest absolute Gasteiger partial charge is 0.480 e. The number of aryl methyl sites for hydroxylation is 1. The van der Waals surface area contributed by atoms with Crippen molar-refractivity contribution in [2.45, 2.75) is 20.1 Å². The Bertz CT molecular complexity index is 1290. The van der Waals surface area contributed by atoms with E-state index in [2.05, 4.69) is 0 Å². The van der Waals surface area contributed by atoms with E-state index >= 15 is 0 Å². The molecule has 0 bridgehead atoms. The molecule has 0 unspecified atom stereocenters. The van der Waals surface area contributed by atoms with Crippen LogP contribution in [-0.2, 0) is 33.4 Å². The van der Waals surface area contributed by atoms with Gasteiger partial charge in [-0.15, -0.1) is 27.1 Å². The van der Waals surface area contributed by atoms with Gasteiger partial charge >= 0.3 is 20.6 Å². The number of nitrogens with two attached hydrogens (primary N) is 1. The molecule has 2 aromatic carbocycles. The lowest BCUT2D eigenvalue weighted by Crippen LogP contribution is -2.30. The summed E-state index contributed by atoms with van der Waals surface area (Å²) in [5, 5.41) is 0.194. The fourth-order valence-corrected chi connectivity index (χ4v) is 3.59. The second-order valence-electron chi connectivity index (χ2n) is 6.61. The van der Waals surface area contributed by atoms with Crippen LogP contribution in [0.5, 0.6) is 11.5 Å². The van der Waals surface area contributed by atoms with E-state index in [0.717, 1.165) is 17.6 Å². The van der Waals surface area contributed by atoms with Crippen LogP contribution >= 0.6 is 23.2 Å². The van der Waals surface area contributed by atoms with E-state index in [0.29, 0.717) is 21.1 Å². The monoisotopic (exact) mass is 606 g/mol. The SMILES string of the molecule is C.COc1cccc(CS(=O)(=O)F)c1.COc1cccc(N)c1.Cc1n(S(=O)(=O)F)cc[n+]1C.ClCCl. The number of hydrogen-bond donors (Lipinski definition) is 1. The van der Waals surface area contributed by atoms with Crippen LogP contribution in [0.25, 0.3) is 0 Å². The zero-order chi connectivity index (χ0) is 27.9. The lowest BCUT2D eigenvalue weighted by molar-refractivity contribution is -0.676. The van der Waals surface area contributed by atoms with Crippen LogP contribution in [-0.4, -0.2) is 40.4 Å². The van der Waals surface area contributed by atoms with Gasteiger partial charge in [0, 0.05) is 18.7 Å². The number of nitrogen functional groups attached to an aromatic ring is 1. The maximum atomic E-state index is 12.3. The lowest BCUT2D eigenvalue weighted by atomic mass is 10.2. The van der Waals surface area contributed by atoms with Gasteiger partial charge in [-0.3, -0.25) is 0 Å². The highest BCUT2D eigenvalue weighted by atomic mass is 35.5. The Labute approximate surface area is 227 Å². The molecule has 0 aliphatic carbocycles. The summed E-state index contributed by atoms with van der Waals surface area (Å²) in [6.07, 6.45) is 2.62. The minimum atomic E-state index is -4.62. The number of ether oxygens (including phenoxy) is 2. The van der Waals surface area contributed by atoms with Gasteiger partial charge in [0.15, 0.2) is 0 Å². The average molecular weight is 608 g/mol. The van der Waals surface area contributed by atoms with Gasteiger partial charge in [-0.1, -0.05) is 33.5 Å². The molecule has 0 saturated carbocycles. The third kappa shape index (κ3) is 16.0. The van der Waals surface area contributed by atoms with Gasteiger partial charge in [-0.25, -0.2) is 4.57 Å². The number of anilines is 1. The second-order valence-corrected chi connectivity index (χ2v) is 10.00. The van der Waals surface area contributed by atoms with Gasteiger partial charge in [0.25, 0.3) is 5.82 Å². The number of hydrogen-bond acceptors (Lipinski definition) is 7. The summed E-state index contributed by atoms with van der Waals surface area (Å²) in [6, 6.07) is 13.6. The number of rotatable bonds is 5. The highest BCUT2D eigenvalue weighted by Gasteiger charge is 2.22. The molecule has 0 fully saturated rings. The van der Waals surface area contributed by atoms with Crippen molar-refractivity contribution in [3.8, 4) is 11.5 Å². The molecule has 0 atom stereocenters. The van der Waals surface area contributed by atoms with Crippen LogP contribution in [0.1, 0.15) is 18.8 Å². The third-order valence-electron chi connectivity index (χ3n) is 4.06. The Balaban J connectivity index is 0. The summed E-state index contributed by atoms with van der Waals surface area (Å²) >= 11 is 9.53.